The van der Waals surface area contributed by atoms with Crippen LogP contribution in [0.3, 0.4) is 0 Å². The number of anilines is 1. The summed E-state index contributed by atoms with van der Waals surface area (Å²) >= 11 is 0. The number of fused-ring (bicyclic) bond motifs is 1. The first-order valence-corrected chi connectivity index (χ1v) is 8.10. The number of aromatic nitrogens is 1. The summed E-state index contributed by atoms with van der Waals surface area (Å²) < 4.78 is 0. The minimum atomic E-state index is -0.0305. The highest BCUT2D eigenvalue weighted by molar-refractivity contribution is 5.98. The number of nitrogens with one attached hydrogen (secondary N) is 1. The zero-order chi connectivity index (χ0) is 15.5. The number of carbonyl (C=O) groups is 1. The van der Waals surface area contributed by atoms with E-state index in [1.165, 1.54) is 19.3 Å². The van der Waals surface area contributed by atoms with Crippen LogP contribution >= 0.6 is 0 Å². The van der Waals surface area contributed by atoms with E-state index in [2.05, 4.69) is 22.3 Å². The summed E-state index contributed by atoms with van der Waals surface area (Å²) in [7, 11) is 0. The van der Waals surface area contributed by atoms with Gasteiger partial charge >= 0.3 is 0 Å². The van der Waals surface area contributed by atoms with Crippen molar-refractivity contribution in [2.75, 3.05) is 18.0 Å². The Morgan fingerprint density at radius 3 is 2.64 bits per heavy atom. The first-order valence-electron chi connectivity index (χ1n) is 8.10. The summed E-state index contributed by atoms with van der Waals surface area (Å²) in [5.74, 6) is 1.02. The molecular formula is C18H23N3O. The van der Waals surface area contributed by atoms with Crippen LogP contribution in [-0.4, -0.2) is 30.0 Å². The lowest BCUT2D eigenvalue weighted by Crippen LogP contribution is -2.30. The van der Waals surface area contributed by atoms with Crippen LogP contribution in [0, 0.1) is 0 Å². The fourth-order valence-corrected chi connectivity index (χ4v) is 2.90. The van der Waals surface area contributed by atoms with Crippen LogP contribution in [0.1, 0.15) is 43.5 Å². The highest BCUT2D eigenvalue weighted by atomic mass is 16.1. The van der Waals surface area contributed by atoms with Crippen molar-refractivity contribution in [2.24, 2.45) is 0 Å². The minimum absolute atomic E-state index is 0.0305. The molecule has 22 heavy (non-hydrogen) atoms. The smallest absolute Gasteiger partial charge is 0.251 e. The second-order valence-corrected chi connectivity index (χ2v) is 6.25. The van der Waals surface area contributed by atoms with Crippen molar-refractivity contribution in [3.63, 3.8) is 0 Å². The number of hydrogen-bond donors (Lipinski definition) is 1. The third-order valence-electron chi connectivity index (χ3n) is 4.04. The van der Waals surface area contributed by atoms with Crippen LogP contribution in [0.15, 0.2) is 30.3 Å². The Balaban J connectivity index is 1.86. The van der Waals surface area contributed by atoms with Gasteiger partial charge in [-0.05, 0) is 63.4 Å². The van der Waals surface area contributed by atoms with Crippen molar-refractivity contribution in [2.45, 2.75) is 39.2 Å². The maximum atomic E-state index is 12.1. The predicted octanol–water partition coefficient (Wildman–Crippen LogP) is 3.36. The fraction of sp³-hybridized carbons (Fsp3) is 0.444. The van der Waals surface area contributed by atoms with Gasteiger partial charge in [0.1, 0.15) is 5.82 Å². The van der Waals surface area contributed by atoms with Gasteiger partial charge in [-0.2, -0.15) is 0 Å². The predicted molar refractivity (Wildman–Crippen MR) is 90.4 cm³/mol. The highest BCUT2D eigenvalue weighted by Gasteiger charge is 2.13. The molecule has 0 unspecified atom stereocenters. The lowest BCUT2D eigenvalue weighted by Gasteiger charge is -2.27. The van der Waals surface area contributed by atoms with Gasteiger partial charge in [-0.25, -0.2) is 4.98 Å². The molecule has 2 heterocycles. The summed E-state index contributed by atoms with van der Waals surface area (Å²) in [4.78, 5) is 19.2. The number of benzene rings is 1. The van der Waals surface area contributed by atoms with Crippen molar-refractivity contribution in [1.29, 1.82) is 0 Å². The molecule has 0 aliphatic carbocycles. The Morgan fingerprint density at radius 2 is 1.91 bits per heavy atom. The van der Waals surface area contributed by atoms with Crippen molar-refractivity contribution in [1.82, 2.24) is 10.3 Å². The van der Waals surface area contributed by atoms with Gasteiger partial charge in [0.2, 0.25) is 0 Å². The van der Waals surface area contributed by atoms with Gasteiger partial charge in [-0.3, -0.25) is 4.79 Å². The van der Waals surface area contributed by atoms with E-state index in [1.54, 1.807) is 0 Å². The SMILES string of the molecule is CC(C)NC(=O)c1ccc2nc(N3CCCCC3)ccc2c1. The lowest BCUT2D eigenvalue weighted by atomic mass is 10.1. The zero-order valence-corrected chi connectivity index (χ0v) is 13.3. The van der Waals surface area contributed by atoms with Crippen LogP contribution < -0.4 is 10.2 Å². The Morgan fingerprint density at radius 1 is 1.14 bits per heavy atom. The number of amides is 1. The maximum Gasteiger partial charge on any atom is 0.251 e. The van der Waals surface area contributed by atoms with Gasteiger partial charge in [-0.1, -0.05) is 0 Å². The topological polar surface area (TPSA) is 45.2 Å². The molecule has 2 aromatic rings. The molecule has 1 aromatic carbocycles. The van der Waals surface area contributed by atoms with Crippen LogP contribution in [-0.2, 0) is 0 Å². The highest BCUT2D eigenvalue weighted by Crippen LogP contribution is 2.22. The molecule has 1 aliphatic rings. The van der Waals surface area contributed by atoms with Crippen molar-refractivity contribution in [3.8, 4) is 0 Å². The molecular weight excluding hydrogens is 274 g/mol. The van der Waals surface area contributed by atoms with Gasteiger partial charge in [0.25, 0.3) is 5.91 Å². The number of hydrogen-bond acceptors (Lipinski definition) is 3. The lowest BCUT2D eigenvalue weighted by molar-refractivity contribution is 0.0943. The molecule has 1 fully saturated rings. The monoisotopic (exact) mass is 297 g/mol. The van der Waals surface area contributed by atoms with Gasteiger partial charge in [0, 0.05) is 30.1 Å². The first-order chi connectivity index (χ1) is 10.6. The fourth-order valence-electron chi connectivity index (χ4n) is 2.90. The molecule has 0 atom stereocenters. The van der Waals surface area contributed by atoms with E-state index in [0.717, 1.165) is 29.8 Å². The molecule has 0 spiro atoms. The van der Waals surface area contributed by atoms with E-state index >= 15 is 0 Å². The standard InChI is InChI=1S/C18H23N3O/c1-13(2)19-18(22)15-6-8-16-14(12-15)7-9-17(20-16)21-10-4-3-5-11-21/h6-9,12-13H,3-5,10-11H2,1-2H3,(H,19,22). The number of pyridine rings is 1. The van der Waals surface area contributed by atoms with Crippen LogP contribution in [0.4, 0.5) is 5.82 Å². The van der Waals surface area contributed by atoms with E-state index < -0.39 is 0 Å². The van der Waals surface area contributed by atoms with Crippen molar-refractivity contribution in [3.05, 3.63) is 35.9 Å². The molecule has 0 radical (unpaired) electrons. The summed E-state index contributed by atoms with van der Waals surface area (Å²) in [6, 6.07) is 9.99. The molecule has 4 nitrogen and oxygen atoms in total. The van der Waals surface area contributed by atoms with Crippen molar-refractivity contribution >= 4 is 22.6 Å². The number of nitrogens with zero attached hydrogens (tertiary/aromatic N) is 2. The molecule has 4 heteroatoms. The average Bonchev–Trinajstić information content (AvgIpc) is 2.54. The number of rotatable bonds is 3. The second-order valence-electron chi connectivity index (χ2n) is 6.25. The normalized spacial score (nSPS) is 15.3. The van der Waals surface area contributed by atoms with Gasteiger partial charge in [-0.15, -0.1) is 0 Å². The molecule has 1 aliphatic heterocycles. The number of piperidine rings is 1. The third kappa shape index (κ3) is 3.21. The maximum absolute atomic E-state index is 12.1. The summed E-state index contributed by atoms with van der Waals surface area (Å²) in [5, 5.41) is 3.93. The molecule has 1 N–H and O–H groups in total. The molecule has 1 saturated heterocycles. The van der Waals surface area contributed by atoms with E-state index in [0.29, 0.717) is 5.56 Å². The molecule has 1 aromatic heterocycles. The summed E-state index contributed by atoms with van der Waals surface area (Å²) in [6.07, 6.45) is 3.81. The average molecular weight is 297 g/mol. The minimum Gasteiger partial charge on any atom is -0.357 e. The Hall–Kier alpha value is -2.10. The molecule has 0 saturated carbocycles. The van der Waals surface area contributed by atoms with Gasteiger partial charge in [0.05, 0.1) is 5.52 Å². The molecule has 0 bridgehead atoms. The van der Waals surface area contributed by atoms with Gasteiger partial charge in [0.15, 0.2) is 0 Å². The first kappa shape index (κ1) is 14.8. The second kappa shape index (κ2) is 6.34. The molecule has 116 valence electrons. The van der Waals surface area contributed by atoms with E-state index in [-0.39, 0.29) is 11.9 Å². The van der Waals surface area contributed by atoms with Crippen LogP contribution in [0.5, 0.6) is 0 Å². The van der Waals surface area contributed by atoms with Crippen LogP contribution in [0.25, 0.3) is 10.9 Å². The third-order valence-corrected chi connectivity index (χ3v) is 4.04. The summed E-state index contributed by atoms with van der Waals surface area (Å²) in [5.41, 5.74) is 1.64. The summed E-state index contributed by atoms with van der Waals surface area (Å²) in [6.45, 7) is 6.11. The van der Waals surface area contributed by atoms with Crippen LogP contribution in [0.2, 0.25) is 0 Å². The van der Waals surface area contributed by atoms with Crippen molar-refractivity contribution < 1.29 is 4.79 Å². The Bertz CT molecular complexity index is 675. The number of carbonyl (C=O) groups excluding carboxylic acids is 1. The van der Waals surface area contributed by atoms with E-state index in [1.807, 2.05) is 32.0 Å². The van der Waals surface area contributed by atoms with Gasteiger partial charge < -0.3 is 10.2 Å². The Labute approximate surface area is 131 Å². The largest absolute Gasteiger partial charge is 0.357 e. The molecule has 1 amide bonds. The zero-order valence-electron chi connectivity index (χ0n) is 13.3. The quantitative estimate of drug-likeness (QED) is 0.945. The Kier molecular flexibility index (Phi) is 4.27. The van der Waals surface area contributed by atoms with E-state index in [4.69, 9.17) is 4.98 Å². The molecule has 3 rings (SSSR count). The van der Waals surface area contributed by atoms with E-state index in [9.17, 15) is 4.79 Å².